The summed E-state index contributed by atoms with van der Waals surface area (Å²) in [7, 11) is 0. The number of benzene rings is 1. The molecule has 9 heteroatoms. The second kappa shape index (κ2) is 8.08. The van der Waals surface area contributed by atoms with Gasteiger partial charge in [0.15, 0.2) is 5.69 Å². The molecule has 2 aromatic heterocycles. The molecule has 30 heavy (non-hydrogen) atoms. The molecular formula is C21H18N4O4S. The van der Waals surface area contributed by atoms with Gasteiger partial charge in [-0.25, -0.2) is 9.48 Å². The number of carboxylic acid groups (broad SMARTS) is 1. The van der Waals surface area contributed by atoms with Crippen LogP contribution in [0.2, 0.25) is 0 Å². The number of carbonyl (C=O) groups is 2. The summed E-state index contributed by atoms with van der Waals surface area (Å²) in [5, 5.41) is 26.5. The van der Waals surface area contributed by atoms with E-state index < -0.39 is 24.0 Å². The molecule has 1 aliphatic carbocycles. The van der Waals surface area contributed by atoms with Gasteiger partial charge in [-0.15, -0.1) is 11.3 Å². The van der Waals surface area contributed by atoms with Crippen LogP contribution in [0, 0.1) is 11.3 Å². The maximum absolute atomic E-state index is 12.7. The van der Waals surface area contributed by atoms with Crippen LogP contribution in [0.15, 0.2) is 29.1 Å². The topological polar surface area (TPSA) is 125 Å². The van der Waals surface area contributed by atoms with Crippen molar-refractivity contribution in [2.75, 3.05) is 5.32 Å². The van der Waals surface area contributed by atoms with Gasteiger partial charge in [0.1, 0.15) is 17.6 Å². The number of fused-ring (bicyclic) bond motifs is 2. The number of carbonyl (C=O) groups excluding carboxylic acids is 1. The second-order valence-corrected chi connectivity index (χ2v) is 8.20. The van der Waals surface area contributed by atoms with E-state index >= 15 is 0 Å². The number of hydrogen-bond donors (Lipinski definition) is 2. The number of anilines is 1. The lowest BCUT2D eigenvalue weighted by atomic mass is 10.1. The Balaban J connectivity index is 1.65. The molecule has 0 aliphatic heterocycles. The SMILES string of the molecule is N#Cc1c(NC(=O)Cn2nc(C(=O)O)c3ccccc3c2=O)sc2c1CCCCC2. The largest absolute Gasteiger partial charge is 0.476 e. The number of amides is 1. The maximum Gasteiger partial charge on any atom is 0.357 e. The van der Waals surface area contributed by atoms with E-state index in [1.807, 2.05) is 0 Å². The minimum Gasteiger partial charge on any atom is -0.476 e. The fourth-order valence-electron chi connectivity index (χ4n) is 3.75. The smallest absolute Gasteiger partial charge is 0.357 e. The van der Waals surface area contributed by atoms with Crippen molar-refractivity contribution in [3.05, 3.63) is 56.3 Å². The van der Waals surface area contributed by atoms with Gasteiger partial charge in [0.2, 0.25) is 5.91 Å². The number of nitrogens with one attached hydrogen (secondary N) is 1. The molecule has 1 aliphatic rings. The van der Waals surface area contributed by atoms with Crippen molar-refractivity contribution in [2.24, 2.45) is 0 Å². The molecule has 0 radical (unpaired) electrons. The lowest BCUT2D eigenvalue weighted by Gasteiger charge is -2.09. The third-order valence-corrected chi connectivity index (χ3v) is 6.36. The molecule has 2 heterocycles. The maximum atomic E-state index is 12.7. The Morgan fingerprint density at radius 3 is 2.67 bits per heavy atom. The molecule has 1 amide bonds. The molecule has 1 aromatic carbocycles. The first-order valence-electron chi connectivity index (χ1n) is 9.57. The fraction of sp³-hybridized carbons (Fsp3) is 0.286. The molecule has 0 atom stereocenters. The number of carboxylic acids is 1. The monoisotopic (exact) mass is 422 g/mol. The van der Waals surface area contributed by atoms with Gasteiger partial charge >= 0.3 is 5.97 Å². The molecule has 2 N–H and O–H groups in total. The average Bonchev–Trinajstić information content (AvgIpc) is 2.89. The van der Waals surface area contributed by atoms with Gasteiger partial charge in [-0.2, -0.15) is 10.4 Å². The molecule has 4 rings (SSSR count). The van der Waals surface area contributed by atoms with Gasteiger partial charge < -0.3 is 10.4 Å². The van der Waals surface area contributed by atoms with Crippen LogP contribution in [0.5, 0.6) is 0 Å². The van der Waals surface area contributed by atoms with E-state index in [0.29, 0.717) is 10.6 Å². The van der Waals surface area contributed by atoms with Crippen LogP contribution in [0.25, 0.3) is 10.8 Å². The molecule has 152 valence electrons. The summed E-state index contributed by atoms with van der Waals surface area (Å²) in [5.41, 5.74) is 0.645. The number of thiophene rings is 1. The highest BCUT2D eigenvalue weighted by molar-refractivity contribution is 7.16. The average molecular weight is 422 g/mol. The summed E-state index contributed by atoms with van der Waals surface area (Å²) >= 11 is 1.40. The Hall–Kier alpha value is -3.51. The Morgan fingerprint density at radius 1 is 1.20 bits per heavy atom. The van der Waals surface area contributed by atoms with Crippen LogP contribution in [0.3, 0.4) is 0 Å². The lowest BCUT2D eigenvalue weighted by Crippen LogP contribution is -2.31. The summed E-state index contributed by atoms with van der Waals surface area (Å²) in [5.74, 6) is -1.82. The van der Waals surface area contributed by atoms with E-state index in [9.17, 15) is 24.8 Å². The van der Waals surface area contributed by atoms with E-state index in [2.05, 4.69) is 16.5 Å². The number of rotatable bonds is 4. The van der Waals surface area contributed by atoms with E-state index in [4.69, 9.17) is 0 Å². The van der Waals surface area contributed by atoms with Crippen LogP contribution in [0.1, 0.15) is 45.8 Å². The molecule has 0 saturated carbocycles. The Kier molecular flexibility index (Phi) is 5.33. The summed E-state index contributed by atoms with van der Waals surface area (Å²) in [4.78, 5) is 38.0. The zero-order chi connectivity index (χ0) is 21.3. The zero-order valence-corrected chi connectivity index (χ0v) is 16.8. The van der Waals surface area contributed by atoms with Crippen LogP contribution < -0.4 is 10.9 Å². The first kappa shape index (κ1) is 19.8. The minimum absolute atomic E-state index is 0.179. The van der Waals surface area contributed by atoms with Crippen molar-refractivity contribution in [3.63, 3.8) is 0 Å². The highest BCUT2D eigenvalue weighted by Crippen LogP contribution is 2.36. The predicted octanol–water partition coefficient (Wildman–Crippen LogP) is 2.94. The van der Waals surface area contributed by atoms with Crippen molar-refractivity contribution in [1.29, 1.82) is 5.26 Å². The first-order chi connectivity index (χ1) is 14.5. The third kappa shape index (κ3) is 3.57. The van der Waals surface area contributed by atoms with E-state index in [1.54, 1.807) is 12.1 Å². The first-order valence-corrected chi connectivity index (χ1v) is 10.4. The van der Waals surface area contributed by atoms with Crippen LogP contribution >= 0.6 is 11.3 Å². The summed E-state index contributed by atoms with van der Waals surface area (Å²) in [6.45, 7) is -0.447. The van der Waals surface area contributed by atoms with Gasteiger partial charge in [0, 0.05) is 10.3 Å². The molecule has 3 aromatic rings. The molecule has 8 nitrogen and oxygen atoms in total. The standard InChI is InChI=1S/C21H18N4O4S/c22-10-15-12-6-2-1-3-9-16(12)30-19(15)23-17(26)11-25-20(27)14-8-5-4-7-13(14)18(24-25)21(28)29/h4-5,7-8H,1-3,6,9,11H2,(H,23,26)(H,28,29). The molecule has 0 fully saturated rings. The van der Waals surface area contributed by atoms with Gasteiger partial charge in [0.25, 0.3) is 5.56 Å². The van der Waals surface area contributed by atoms with Crippen molar-refractivity contribution in [3.8, 4) is 6.07 Å². The zero-order valence-electron chi connectivity index (χ0n) is 16.0. The van der Waals surface area contributed by atoms with Crippen molar-refractivity contribution in [2.45, 2.75) is 38.6 Å². The summed E-state index contributed by atoms with van der Waals surface area (Å²) in [6.07, 6.45) is 4.90. The number of hydrogen-bond acceptors (Lipinski definition) is 6. The van der Waals surface area contributed by atoms with Gasteiger partial charge in [-0.3, -0.25) is 9.59 Å². The van der Waals surface area contributed by atoms with Crippen molar-refractivity contribution < 1.29 is 14.7 Å². The van der Waals surface area contributed by atoms with E-state index in [-0.39, 0.29) is 16.5 Å². The number of aromatic carboxylic acids is 1. The number of aromatic nitrogens is 2. The lowest BCUT2D eigenvalue weighted by molar-refractivity contribution is -0.117. The molecule has 0 unspecified atom stereocenters. The van der Waals surface area contributed by atoms with Crippen molar-refractivity contribution >= 4 is 39.0 Å². The predicted molar refractivity (Wildman–Crippen MR) is 112 cm³/mol. The van der Waals surface area contributed by atoms with Gasteiger partial charge in [-0.05, 0) is 37.3 Å². The quantitative estimate of drug-likeness (QED) is 0.623. The van der Waals surface area contributed by atoms with Crippen LogP contribution in [0.4, 0.5) is 5.00 Å². The number of nitriles is 1. The Bertz CT molecular complexity index is 1270. The number of nitrogens with zero attached hydrogens (tertiary/aromatic N) is 3. The van der Waals surface area contributed by atoms with Crippen molar-refractivity contribution in [1.82, 2.24) is 9.78 Å². The van der Waals surface area contributed by atoms with Gasteiger partial charge in [0.05, 0.1) is 10.9 Å². The van der Waals surface area contributed by atoms with Crippen LogP contribution in [-0.2, 0) is 24.2 Å². The van der Waals surface area contributed by atoms with E-state index in [0.717, 1.165) is 47.2 Å². The highest BCUT2D eigenvalue weighted by Gasteiger charge is 2.22. The third-order valence-electron chi connectivity index (χ3n) is 5.15. The Labute approximate surface area is 175 Å². The minimum atomic E-state index is -1.28. The second-order valence-electron chi connectivity index (χ2n) is 7.09. The van der Waals surface area contributed by atoms with E-state index in [1.165, 1.54) is 23.5 Å². The van der Waals surface area contributed by atoms with Gasteiger partial charge in [-0.1, -0.05) is 24.6 Å². The highest BCUT2D eigenvalue weighted by atomic mass is 32.1. The summed E-state index contributed by atoms with van der Waals surface area (Å²) < 4.78 is 0.853. The Morgan fingerprint density at radius 2 is 1.93 bits per heavy atom. The molecule has 0 spiro atoms. The summed E-state index contributed by atoms with van der Waals surface area (Å²) in [6, 6.07) is 8.45. The molecule has 0 bridgehead atoms. The number of aryl methyl sites for hydroxylation is 1. The molecule has 0 saturated heterocycles. The fourth-order valence-corrected chi connectivity index (χ4v) is 5.01. The van der Waals surface area contributed by atoms with Crippen LogP contribution in [-0.4, -0.2) is 26.8 Å². The molecular weight excluding hydrogens is 404 g/mol. The normalized spacial score (nSPS) is 13.3.